The molecule has 44 heavy (non-hydrogen) atoms. The van der Waals surface area contributed by atoms with Crippen molar-refractivity contribution in [1.82, 2.24) is 10.4 Å². The van der Waals surface area contributed by atoms with Crippen molar-refractivity contribution in [1.29, 1.82) is 0 Å². The van der Waals surface area contributed by atoms with E-state index in [2.05, 4.69) is 83.4 Å². The van der Waals surface area contributed by atoms with E-state index < -0.39 is 16.4 Å². The number of hydroxylamine groups is 2. The molecule has 230 valence electrons. The molecule has 0 unspecified atom stereocenters. The maximum Gasteiger partial charge on any atom is 0.407 e. The lowest BCUT2D eigenvalue weighted by Gasteiger charge is -2.37. The highest BCUT2D eigenvalue weighted by atomic mass is 32.2. The number of ether oxygens (including phenoxy) is 1. The minimum absolute atomic E-state index is 0.256. The van der Waals surface area contributed by atoms with Crippen molar-refractivity contribution in [2.45, 2.75) is 37.2 Å². The number of hydrogen-bond donors (Lipinski definition) is 2. The van der Waals surface area contributed by atoms with Crippen molar-refractivity contribution in [2.75, 3.05) is 31.8 Å². The lowest BCUT2D eigenvalue weighted by Crippen LogP contribution is -2.45. The van der Waals surface area contributed by atoms with Crippen molar-refractivity contribution in [3.05, 3.63) is 138 Å². The van der Waals surface area contributed by atoms with Crippen LogP contribution < -0.4 is 10.6 Å². The van der Waals surface area contributed by atoms with Crippen LogP contribution in [0.15, 0.2) is 115 Å². The summed E-state index contributed by atoms with van der Waals surface area (Å²) in [6, 6.07) is 38.2. The lowest BCUT2D eigenvalue weighted by molar-refractivity contribution is -0.0756. The van der Waals surface area contributed by atoms with Crippen molar-refractivity contribution in [3.8, 4) is 0 Å². The maximum atomic E-state index is 13.0. The zero-order chi connectivity index (χ0) is 31.6. The molecular weight excluding hydrogens is 570 g/mol. The normalized spacial score (nSPS) is 12.2. The van der Waals surface area contributed by atoms with Crippen LogP contribution in [-0.4, -0.2) is 55.2 Å². The third-order valence-corrected chi connectivity index (χ3v) is 8.69. The monoisotopic (exact) mass is 611 g/mol. The molecule has 8 heteroatoms. The Morgan fingerprint density at radius 2 is 1.32 bits per heavy atom. The van der Waals surface area contributed by atoms with Gasteiger partial charge in [-0.15, -0.1) is 11.8 Å². The molecule has 0 heterocycles. The molecule has 2 N–H and O–H groups in total. The van der Waals surface area contributed by atoms with Gasteiger partial charge in [-0.2, -0.15) is 0 Å². The number of amides is 2. The SMILES string of the molecule is CON(C)C(=O)c1cccc(NC[C@H](CSC(c2ccccc2)(c2ccccc2)c2ccccc2)NC(=O)OC(C)(C)C)c1. The van der Waals surface area contributed by atoms with E-state index in [0.29, 0.717) is 17.9 Å². The van der Waals surface area contributed by atoms with Crippen LogP contribution in [0.5, 0.6) is 0 Å². The summed E-state index contributed by atoms with van der Waals surface area (Å²) in [7, 11) is 3.02. The molecule has 0 fully saturated rings. The molecule has 0 saturated heterocycles. The van der Waals surface area contributed by atoms with Crippen LogP contribution in [0.2, 0.25) is 0 Å². The summed E-state index contributed by atoms with van der Waals surface area (Å²) in [5.74, 6) is 0.296. The first-order chi connectivity index (χ1) is 21.1. The van der Waals surface area contributed by atoms with Gasteiger partial charge in [-0.05, 0) is 55.7 Å². The number of thioether (sulfide) groups is 1. The highest BCUT2D eigenvalue weighted by molar-refractivity contribution is 8.00. The predicted octanol–water partition coefficient (Wildman–Crippen LogP) is 7.35. The molecule has 4 aromatic carbocycles. The summed E-state index contributed by atoms with van der Waals surface area (Å²) in [5, 5.41) is 7.70. The molecule has 1 atom stereocenters. The first kappa shape index (κ1) is 32.6. The Balaban J connectivity index is 1.67. The largest absolute Gasteiger partial charge is 0.444 e. The Kier molecular flexibility index (Phi) is 11.1. The standard InChI is InChI=1S/C36H41N3O4S/c1-35(2,3)43-34(41)38-32(25-37-31-23-15-16-27(24-31)33(40)39(4)42-5)26-44-36(28-17-9-6-10-18-28,29-19-11-7-12-20-29)30-21-13-8-14-22-30/h6-24,32,37H,25-26H2,1-5H3,(H,38,41)/t32-/m1/s1. The minimum Gasteiger partial charge on any atom is -0.444 e. The Morgan fingerprint density at radius 1 is 0.795 bits per heavy atom. The first-order valence-electron chi connectivity index (χ1n) is 14.6. The highest BCUT2D eigenvalue weighted by Crippen LogP contribution is 2.48. The van der Waals surface area contributed by atoms with Crippen molar-refractivity contribution in [2.24, 2.45) is 0 Å². The molecule has 4 rings (SSSR count). The van der Waals surface area contributed by atoms with E-state index in [1.807, 2.05) is 51.1 Å². The van der Waals surface area contributed by atoms with Gasteiger partial charge in [0, 0.05) is 30.6 Å². The summed E-state index contributed by atoms with van der Waals surface area (Å²) in [6.07, 6.45) is -0.486. The molecule has 0 saturated carbocycles. The van der Waals surface area contributed by atoms with Crippen molar-refractivity contribution >= 4 is 29.4 Å². The van der Waals surface area contributed by atoms with E-state index in [9.17, 15) is 9.59 Å². The molecule has 0 radical (unpaired) electrons. The van der Waals surface area contributed by atoms with Crippen LogP contribution >= 0.6 is 11.8 Å². The number of alkyl carbamates (subject to hydrolysis) is 1. The predicted molar refractivity (Wildman–Crippen MR) is 179 cm³/mol. The zero-order valence-corrected chi connectivity index (χ0v) is 26.8. The van der Waals surface area contributed by atoms with Crippen molar-refractivity contribution < 1.29 is 19.2 Å². The van der Waals surface area contributed by atoms with E-state index in [0.717, 1.165) is 22.4 Å². The molecule has 0 spiro atoms. The average molecular weight is 612 g/mol. The molecule has 0 aromatic heterocycles. The van der Waals surface area contributed by atoms with E-state index in [1.165, 1.54) is 12.2 Å². The molecule has 2 amide bonds. The molecule has 0 aliphatic rings. The Morgan fingerprint density at radius 3 is 1.80 bits per heavy atom. The van der Waals surface area contributed by atoms with E-state index in [-0.39, 0.29) is 11.9 Å². The van der Waals surface area contributed by atoms with Gasteiger partial charge in [-0.3, -0.25) is 9.63 Å². The van der Waals surface area contributed by atoms with Gasteiger partial charge in [0.2, 0.25) is 0 Å². The smallest absolute Gasteiger partial charge is 0.407 e. The van der Waals surface area contributed by atoms with Gasteiger partial charge in [0.25, 0.3) is 5.91 Å². The number of rotatable bonds is 12. The summed E-state index contributed by atoms with van der Waals surface area (Å²) < 4.78 is 5.10. The Hall–Kier alpha value is -4.27. The van der Waals surface area contributed by atoms with Gasteiger partial charge in [0.1, 0.15) is 5.60 Å². The van der Waals surface area contributed by atoms with Gasteiger partial charge in [-0.1, -0.05) is 97.1 Å². The number of hydrogen-bond acceptors (Lipinski definition) is 6. The molecular formula is C36H41N3O4S. The fourth-order valence-corrected chi connectivity index (χ4v) is 6.45. The van der Waals surface area contributed by atoms with Crippen LogP contribution in [0.25, 0.3) is 0 Å². The first-order valence-corrected chi connectivity index (χ1v) is 15.6. The topological polar surface area (TPSA) is 79.9 Å². The van der Waals surface area contributed by atoms with Gasteiger partial charge >= 0.3 is 6.09 Å². The molecule has 0 aliphatic heterocycles. The van der Waals surface area contributed by atoms with Crippen LogP contribution in [0.4, 0.5) is 10.5 Å². The number of nitrogens with one attached hydrogen (secondary N) is 2. The summed E-state index contributed by atoms with van der Waals surface area (Å²) >= 11 is 1.76. The fraction of sp³-hybridized carbons (Fsp3) is 0.278. The molecule has 0 bridgehead atoms. The Bertz CT molecular complexity index is 1400. The number of benzene rings is 4. The van der Waals surface area contributed by atoms with Crippen molar-refractivity contribution in [3.63, 3.8) is 0 Å². The van der Waals surface area contributed by atoms with E-state index in [4.69, 9.17) is 9.57 Å². The van der Waals surface area contributed by atoms with Gasteiger partial charge < -0.3 is 15.4 Å². The third-order valence-electron chi connectivity index (χ3n) is 6.98. The number of carbonyl (C=O) groups excluding carboxylic acids is 2. The summed E-state index contributed by atoms with van der Waals surface area (Å²) in [5.41, 5.74) is 4.02. The Labute approximate surface area is 264 Å². The number of carbonyl (C=O) groups is 2. The summed E-state index contributed by atoms with van der Waals surface area (Å²) in [4.78, 5) is 30.7. The van der Waals surface area contributed by atoms with Gasteiger partial charge in [-0.25, -0.2) is 9.86 Å². The second kappa shape index (κ2) is 14.9. The molecule has 7 nitrogen and oxygen atoms in total. The summed E-state index contributed by atoms with van der Waals surface area (Å²) in [6.45, 7) is 5.94. The minimum atomic E-state index is -0.640. The quantitative estimate of drug-likeness (QED) is 0.129. The molecule has 4 aromatic rings. The second-order valence-electron chi connectivity index (χ2n) is 11.4. The van der Waals surface area contributed by atoms with Crippen LogP contribution in [0, 0.1) is 0 Å². The van der Waals surface area contributed by atoms with Gasteiger partial charge in [0.05, 0.1) is 17.9 Å². The maximum absolute atomic E-state index is 13.0. The number of nitrogens with zero attached hydrogens (tertiary/aromatic N) is 1. The van der Waals surface area contributed by atoms with E-state index >= 15 is 0 Å². The van der Waals surface area contributed by atoms with E-state index in [1.54, 1.807) is 30.9 Å². The van der Waals surface area contributed by atoms with Crippen LogP contribution in [0.3, 0.4) is 0 Å². The highest BCUT2D eigenvalue weighted by Gasteiger charge is 2.37. The van der Waals surface area contributed by atoms with Crippen LogP contribution in [0.1, 0.15) is 47.8 Å². The average Bonchev–Trinajstić information content (AvgIpc) is 3.03. The molecule has 0 aliphatic carbocycles. The second-order valence-corrected chi connectivity index (χ2v) is 12.6. The van der Waals surface area contributed by atoms with Crippen LogP contribution in [-0.2, 0) is 14.3 Å². The lowest BCUT2D eigenvalue weighted by atomic mass is 9.84. The van der Waals surface area contributed by atoms with Gasteiger partial charge in [0.15, 0.2) is 0 Å². The zero-order valence-electron chi connectivity index (χ0n) is 25.9. The number of anilines is 1. The fourth-order valence-electron chi connectivity index (χ4n) is 4.89. The third kappa shape index (κ3) is 8.42.